The van der Waals surface area contributed by atoms with Gasteiger partial charge in [-0.25, -0.2) is 14.8 Å². The van der Waals surface area contributed by atoms with Crippen LogP contribution in [0.25, 0.3) is 5.82 Å². The molecule has 2 aromatic carbocycles. The van der Waals surface area contributed by atoms with Crippen LogP contribution in [0.4, 0.5) is 5.82 Å². The SMILES string of the molecule is COc1cc(/C=N/NC(=O)c2c(CN3CCOCC3)nnn2-c2nonc2N)ccc1OC(=O)c1ccc(Cl)cc1. The molecule has 16 heteroatoms. The number of morpholine rings is 1. The predicted octanol–water partition coefficient (Wildman–Crippen LogP) is 1.71. The molecule has 2 aromatic heterocycles. The number of amides is 1. The summed E-state index contributed by atoms with van der Waals surface area (Å²) < 4.78 is 22.0. The van der Waals surface area contributed by atoms with E-state index in [-0.39, 0.29) is 28.8 Å². The molecule has 15 nitrogen and oxygen atoms in total. The van der Waals surface area contributed by atoms with Crippen molar-refractivity contribution >= 4 is 35.5 Å². The van der Waals surface area contributed by atoms with Gasteiger partial charge < -0.3 is 19.9 Å². The number of hydrogen-bond donors (Lipinski definition) is 2. The van der Waals surface area contributed by atoms with Crippen LogP contribution in [0.2, 0.25) is 5.02 Å². The number of hydrogen-bond acceptors (Lipinski definition) is 13. The van der Waals surface area contributed by atoms with Gasteiger partial charge in [0.1, 0.15) is 5.69 Å². The number of carbonyl (C=O) groups is 2. The number of nitrogen functional groups attached to an aromatic ring is 1. The summed E-state index contributed by atoms with van der Waals surface area (Å²) in [4.78, 5) is 27.8. The fourth-order valence-electron chi connectivity index (χ4n) is 3.92. The second-order valence-electron chi connectivity index (χ2n) is 8.66. The van der Waals surface area contributed by atoms with E-state index in [2.05, 4.69) is 40.7 Å². The Kier molecular flexibility index (Phi) is 8.47. The highest BCUT2D eigenvalue weighted by Gasteiger charge is 2.26. The quantitative estimate of drug-likeness (QED) is 0.126. The summed E-state index contributed by atoms with van der Waals surface area (Å²) in [5, 5.41) is 20.0. The number of nitrogens with zero attached hydrogens (tertiary/aromatic N) is 7. The Morgan fingerprint density at radius 2 is 1.93 bits per heavy atom. The Morgan fingerprint density at radius 3 is 2.63 bits per heavy atom. The molecule has 1 aliphatic heterocycles. The van der Waals surface area contributed by atoms with Gasteiger partial charge in [0.15, 0.2) is 17.2 Å². The number of rotatable bonds is 9. The molecule has 0 saturated carbocycles. The number of ether oxygens (including phenoxy) is 3. The van der Waals surface area contributed by atoms with Crippen molar-refractivity contribution in [2.24, 2.45) is 5.10 Å². The maximum Gasteiger partial charge on any atom is 0.343 e. The van der Waals surface area contributed by atoms with Crippen LogP contribution in [0, 0.1) is 0 Å². The lowest BCUT2D eigenvalue weighted by molar-refractivity contribution is 0.0335. The molecule has 0 atom stereocenters. The van der Waals surface area contributed by atoms with Crippen LogP contribution in [0.1, 0.15) is 32.1 Å². The number of methoxy groups -OCH3 is 1. The number of carbonyl (C=O) groups excluding carboxylic acids is 2. The first-order valence-corrected chi connectivity index (χ1v) is 12.6. The molecule has 3 heterocycles. The van der Waals surface area contributed by atoms with Crippen molar-refractivity contribution in [2.45, 2.75) is 6.54 Å². The predicted molar refractivity (Wildman–Crippen MR) is 144 cm³/mol. The highest BCUT2D eigenvalue weighted by atomic mass is 35.5. The lowest BCUT2D eigenvalue weighted by atomic mass is 10.2. The fraction of sp³-hybridized carbons (Fsp3) is 0.240. The molecular weight excluding hydrogens is 558 g/mol. The monoisotopic (exact) mass is 581 g/mol. The van der Waals surface area contributed by atoms with Crippen LogP contribution in [-0.4, -0.2) is 81.7 Å². The van der Waals surface area contributed by atoms with E-state index < -0.39 is 11.9 Å². The normalized spacial score (nSPS) is 13.8. The fourth-order valence-corrected chi connectivity index (χ4v) is 4.04. The minimum atomic E-state index is -0.614. The number of aromatic nitrogens is 5. The summed E-state index contributed by atoms with van der Waals surface area (Å²) >= 11 is 5.88. The third-order valence-electron chi connectivity index (χ3n) is 5.98. The average Bonchev–Trinajstić information content (AvgIpc) is 3.60. The Labute approximate surface area is 237 Å². The molecule has 212 valence electrons. The second kappa shape index (κ2) is 12.5. The van der Waals surface area contributed by atoms with Gasteiger partial charge in [0.2, 0.25) is 11.6 Å². The molecule has 5 rings (SSSR count). The van der Waals surface area contributed by atoms with Crippen LogP contribution in [-0.2, 0) is 11.3 Å². The van der Waals surface area contributed by atoms with E-state index in [0.29, 0.717) is 54.7 Å². The molecule has 41 heavy (non-hydrogen) atoms. The number of anilines is 1. The molecule has 1 amide bonds. The Morgan fingerprint density at radius 1 is 1.15 bits per heavy atom. The number of halogens is 1. The van der Waals surface area contributed by atoms with Gasteiger partial charge in [0.25, 0.3) is 5.91 Å². The molecule has 1 aliphatic rings. The highest BCUT2D eigenvalue weighted by Crippen LogP contribution is 2.28. The van der Waals surface area contributed by atoms with Crippen molar-refractivity contribution in [2.75, 3.05) is 39.1 Å². The highest BCUT2D eigenvalue weighted by molar-refractivity contribution is 6.30. The van der Waals surface area contributed by atoms with E-state index in [1.54, 1.807) is 42.5 Å². The molecule has 3 N–H and O–H groups in total. The lowest BCUT2D eigenvalue weighted by Gasteiger charge is -2.25. The zero-order chi connectivity index (χ0) is 28.8. The summed E-state index contributed by atoms with van der Waals surface area (Å²) in [6, 6.07) is 11.1. The van der Waals surface area contributed by atoms with Gasteiger partial charge in [-0.15, -0.1) is 5.10 Å². The van der Waals surface area contributed by atoms with Gasteiger partial charge in [-0.2, -0.15) is 9.78 Å². The zero-order valence-electron chi connectivity index (χ0n) is 21.7. The van der Waals surface area contributed by atoms with Crippen LogP contribution in [0.5, 0.6) is 11.5 Å². The molecule has 1 saturated heterocycles. The van der Waals surface area contributed by atoms with E-state index in [9.17, 15) is 9.59 Å². The molecule has 0 unspecified atom stereocenters. The Balaban J connectivity index is 1.31. The molecule has 0 spiro atoms. The van der Waals surface area contributed by atoms with E-state index in [4.69, 9.17) is 31.5 Å². The van der Waals surface area contributed by atoms with Crippen molar-refractivity contribution in [1.82, 2.24) is 35.6 Å². The molecule has 0 bridgehead atoms. The summed E-state index contributed by atoms with van der Waals surface area (Å²) in [5.74, 6) is -0.739. The largest absolute Gasteiger partial charge is 0.493 e. The van der Waals surface area contributed by atoms with Gasteiger partial charge in [0.05, 0.1) is 32.1 Å². The lowest BCUT2D eigenvalue weighted by Crippen LogP contribution is -2.36. The van der Waals surface area contributed by atoms with Gasteiger partial charge >= 0.3 is 5.97 Å². The maximum absolute atomic E-state index is 13.3. The third kappa shape index (κ3) is 6.49. The Bertz CT molecular complexity index is 1560. The Hall–Kier alpha value is -4.86. The topological polar surface area (TPSA) is 185 Å². The number of nitrogens with two attached hydrogens (primary N) is 1. The number of nitrogens with one attached hydrogen (secondary N) is 1. The van der Waals surface area contributed by atoms with Crippen LogP contribution >= 0.6 is 11.6 Å². The smallest absolute Gasteiger partial charge is 0.343 e. The minimum absolute atomic E-state index is 0.0216. The van der Waals surface area contributed by atoms with Crippen molar-refractivity contribution < 1.29 is 28.4 Å². The van der Waals surface area contributed by atoms with E-state index >= 15 is 0 Å². The second-order valence-corrected chi connectivity index (χ2v) is 9.10. The van der Waals surface area contributed by atoms with Gasteiger partial charge in [-0.1, -0.05) is 16.8 Å². The van der Waals surface area contributed by atoms with E-state index in [1.165, 1.54) is 13.3 Å². The maximum atomic E-state index is 13.3. The molecule has 4 aromatic rings. The standard InChI is InChI=1S/C25H24ClN9O6/c1-38-20-12-15(2-7-19(20)40-25(37)16-3-5-17(26)6-4-16)13-28-30-24(36)21-18(14-34-8-10-39-11-9-34)29-33-35(21)23-22(27)31-41-32-23/h2-7,12-13H,8-11,14H2,1H3,(H2,27,31)(H,30,36)/b28-13+. The summed E-state index contributed by atoms with van der Waals surface area (Å²) in [6.45, 7) is 2.83. The van der Waals surface area contributed by atoms with Gasteiger partial charge in [-0.05, 0) is 58.3 Å². The molecule has 1 fully saturated rings. The van der Waals surface area contributed by atoms with Gasteiger partial charge in [-0.3, -0.25) is 9.69 Å². The van der Waals surface area contributed by atoms with Crippen LogP contribution in [0.3, 0.4) is 0 Å². The van der Waals surface area contributed by atoms with Crippen LogP contribution < -0.4 is 20.6 Å². The molecule has 0 radical (unpaired) electrons. The van der Waals surface area contributed by atoms with Crippen LogP contribution in [0.15, 0.2) is 52.2 Å². The van der Waals surface area contributed by atoms with E-state index in [1.807, 2.05) is 0 Å². The molecular formula is C25H24ClN9O6. The average molecular weight is 582 g/mol. The first kappa shape index (κ1) is 27.7. The summed E-state index contributed by atoms with van der Waals surface area (Å²) in [6.07, 6.45) is 1.40. The third-order valence-corrected chi connectivity index (χ3v) is 6.23. The summed E-state index contributed by atoms with van der Waals surface area (Å²) in [7, 11) is 1.44. The van der Waals surface area contributed by atoms with Crippen molar-refractivity contribution in [1.29, 1.82) is 0 Å². The first-order chi connectivity index (χ1) is 19.9. The van der Waals surface area contributed by atoms with Crippen molar-refractivity contribution in [3.8, 4) is 17.3 Å². The van der Waals surface area contributed by atoms with Crippen molar-refractivity contribution in [3.63, 3.8) is 0 Å². The number of hydrazone groups is 1. The van der Waals surface area contributed by atoms with Crippen molar-refractivity contribution in [3.05, 3.63) is 70.0 Å². The number of benzene rings is 2. The molecule has 0 aliphatic carbocycles. The first-order valence-electron chi connectivity index (χ1n) is 12.2. The van der Waals surface area contributed by atoms with Gasteiger partial charge in [0, 0.05) is 24.7 Å². The number of esters is 1. The van der Waals surface area contributed by atoms with E-state index in [0.717, 1.165) is 4.68 Å². The summed E-state index contributed by atoms with van der Waals surface area (Å²) in [5.41, 5.74) is 9.64. The minimum Gasteiger partial charge on any atom is -0.493 e. The zero-order valence-corrected chi connectivity index (χ0v) is 22.4.